The number of benzene rings is 3. The Labute approximate surface area is 228 Å². The van der Waals surface area contributed by atoms with Crippen molar-refractivity contribution in [3.05, 3.63) is 95.1 Å². The van der Waals surface area contributed by atoms with Crippen molar-refractivity contribution in [3.8, 4) is 11.5 Å². The number of carbonyl (C=O) groups excluding carboxylic acids is 1. The van der Waals surface area contributed by atoms with Crippen LogP contribution in [0.15, 0.2) is 66.7 Å². The van der Waals surface area contributed by atoms with E-state index < -0.39 is 60.6 Å². The summed E-state index contributed by atoms with van der Waals surface area (Å²) < 4.78 is 129. The Morgan fingerprint density at radius 2 is 1.59 bits per heavy atom. The smallest absolute Gasteiger partial charge is 0.461 e. The molecule has 0 radical (unpaired) electrons. The molecule has 0 heterocycles. The number of rotatable bonds is 11. The zero-order valence-corrected chi connectivity index (χ0v) is 21.2. The van der Waals surface area contributed by atoms with Gasteiger partial charge in [-0.15, -0.1) is 0 Å². The second-order valence-corrected chi connectivity index (χ2v) is 8.80. The van der Waals surface area contributed by atoms with Crippen LogP contribution in [0, 0.1) is 11.6 Å². The molecule has 0 saturated heterocycles. The van der Waals surface area contributed by atoms with Gasteiger partial charge in [0.05, 0.1) is 19.1 Å². The van der Waals surface area contributed by atoms with E-state index in [9.17, 15) is 44.3 Å². The molecule has 222 valence electrons. The highest BCUT2D eigenvalue weighted by molar-refractivity contribution is 5.76. The number of ether oxygens (including phenoxy) is 2. The number of hydrogen-bond acceptors (Lipinski definition) is 3. The van der Waals surface area contributed by atoms with E-state index in [-0.39, 0.29) is 23.3 Å². The standard InChI is InChI=1S/C27H23F9N2O3/c1-40-22-13-17(7-8-21(22)29)25(15-16-5-3-2-4-6-16,38-24(39)37-10-9-26(32,33)34)18-11-19(28)14-20(12-18)41-27(35,36)23(30)31/h2-8,11-14,23H,9-10,15H2,1H3,(H2,37,38,39). The van der Waals surface area contributed by atoms with Crippen LogP contribution in [0.5, 0.6) is 11.5 Å². The molecule has 3 aromatic rings. The van der Waals surface area contributed by atoms with Gasteiger partial charge in [0.1, 0.15) is 11.6 Å². The Morgan fingerprint density at radius 3 is 2.20 bits per heavy atom. The Hall–Kier alpha value is -4.10. The van der Waals surface area contributed by atoms with Crippen molar-refractivity contribution < 1.29 is 53.8 Å². The van der Waals surface area contributed by atoms with E-state index in [1.807, 2.05) is 5.32 Å². The summed E-state index contributed by atoms with van der Waals surface area (Å²) in [6.45, 7) is -0.860. The summed E-state index contributed by atoms with van der Waals surface area (Å²) in [6.07, 6.45) is -15.6. The van der Waals surface area contributed by atoms with E-state index in [4.69, 9.17) is 4.74 Å². The topological polar surface area (TPSA) is 59.6 Å². The highest BCUT2D eigenvalue weighted by Crippen LogP contribution is 2.39. The van der Waals surface area contributed by atoms with Gasteiger partial charge in [-0.25, -0.2) is 13.6 Å². The molecule has 0 bridgehead atoms. The number of halogens is 9. The molecule has 3 aromatic carbocycles. The van der Waals surface area contributed by atoms with Gasteiger partial charge < -0.3 is 20.1 Å². The van der Waals surface area contributed by atoms with Crippen LogP contribution >= 0.6 is 0 Å². The van der Waals surface area contributed by atoms with Gasteiger partial charge in [-0.05, 0) is 41.0 Å². The van der Waals surface area contributed by atoms with Gasteiger partial charge in [0, 0.05) is 19.0 Å². The maximum absolute atomic E-state index is 14.8. The molecule has 3 rings (SSSR count). The first kappa shape index (κ1) is 31.4. The van der Waals surface area contributed by atoms with E-state index in [1.54, 1.807) is 30.3 Å². The fraction of sp³-hybridized carbons (Fsp3) is 0.296. The van der Waals surface area contributed by atoms with Crippen LogP contribution in [0.25, 0.3) is 0 Å². The molecule has 0 aliphatic carbocycles. The largest absolute Gasteiger partial charge is 0.494 e. The molecule has 41 heavy (non-hydrogen) atoms. The lowest BCUT2D eigenvalue weighted by molar-refractivity contribution is -0.253. The van der Waals surface area contributed by atoms with Crippen LogP contribution in [0.2, 0.25) is 0 Å². The molecule has 5 nitrogen and oxygen atoms in total. The average Bonchev–Trinajstić information content (AvgIpc) is 2.87. The summed E-state index contributed by atoms with van der Waals surface area (Å²) in [7, 11) is 1.12. The Bertz CT molecular complexity index is 1340. The van der Waals surface area contributed by atoms with E-state index in [2.05, 4.69) is 10.1 Å². The van der Waals surface area contributed by atoms with Crippen molar-refractivity contribution >= 4 is 6.03 Å². The number of methoxy groups -OCH3 is 1. The van der Waals surface area contributed by atoms with Gasteiger partial charge in [-0.1, -0.05) is 36.4 Å². The number of amides is 2. The lowest BCUT2D eigenvalue weighted by Crippen LogP contribution is -2.52. The summed E-state index contributed by atoms with van der Waals surface area (Å²) >= 11 is 0. The zero-order chi connectivity index (χ0) is 30.4. The third-order valence-corrected chi connectivity index (χ3v) is 5.85. The third kappa shape index (κ3) is 8.21. The molecular weight excluding hydrogens is 571 g/mol. The number of hydrogen-bond donors (Lipinski definition) is 2. The first-order valence-electron chi connectivity index (χ1n) is 11.8. The highest BCUT2D eigenvalue weighted by atomic mass is 19.4. The van der Waals surface area contributed by atoms with Crippen LogP contribution in [-0.4, -0.2) is 38.4 Å². The summed E-state index contributed by atoms with van der Waals surface area (Å²) in [6, 6.07) is 11.9. The lowest BCUT2D eigenvalue weighted by atomic mass is 9.77. The number of urea groups is 1. The molecule has 0 aromatic heterocycles. The van der Waals surface area contributed by atoms with Crippen molar-refractivity contribution in [1.29, 1.82) is 0 Å². The highest BCUT2D eigenvalue weighted by Gasteiger charge is 2.45. The second-order valence-electron chi connectivity index (χ2n) is 8.80. The monoisotopic (exact) mass is 594 g/mol. The van der Waals surface area contributed by atoms with Crippen LogP contribution in [0.3, 0.4) is 0 Å². The summed E-state index contributed by atoms with van der Waals surface area (Å²) in [5, 5.41) is 4.48. The van der Waals surface area contributed by atoms with Crippen LogP contribution in [0.1, 0.15) is 23.1 Å². The van der Waals surface area contributed by atoms with Crippen molar-refractivity contribution in [2.75, 3.05) is 13.7 Å². The quantitative estimate of drug-likeness (QED) is 0.237. The van der Waals surface area contributed by atoms with Crippen molar-refractivity contribution in [1.82, 2.24) is 10.6 Å². The minimum absolute atomic E-state index is 0.0252. The maximum atomic E-state index is 14.8. The van der Waals surface area contributed by atoms with Crippen LogP contribution in [0.4, 0.5) is 44.3 Å². The van der Waals surface area contributed by atoms with Crippen molar-refractivity contribution in [2.24, 2.45) is 0 Å². The first-order chi connectivity index (χ1) is 19.1. The van der Waals surface area contributed by atoms with Gasteiger partial charge in [0.2, 0.25) is 0 Å². The minimum atomic E-state index is -5.02. The molecule has 14 heteroatoms. The summed E-state index contributed by atoms with van der Waals surface area (Å²) in [5.41, 5.74) is -1.95. The fourth-order valence-electron chi connectivity index (χ4n) is 4.01. The molecular formula is C27H23F9N2O3. The molecule has 2 N–H and O–H groups in total. The van der Waals surface area contributed by atoms with Crippen molar-refractivity contribution in [2.45, 2.75) is 37.1 Å². The van der Waals surface area contributed by atoms with E-state index >= 15 is 0 Å². The van der Waals surface area contributed by atoms with Gasteiger partial charge in [0.15, 0.2) is 11.6 Å². The summed E-state index contributed by atoms with van der Waals surface area (Å²) in [5.74, 6) is -3.49. The van der Waals surface area contributed by atoms with Crippen LogP contribution in [-0.2, 0) is 12.0 Å². The van der Waals surface area contributed by atoms with Crippen LogP contribution < -0.4 is 20.1 Å². The lowest BCUT2D eigenvalue weighted by Gasteiger charge is -2.37. The SMILES string of the molecule is COc1cc(C(Cc2ccccc2)(NC(=O)NCCC(F)(F)F)c2cc(F)cc(OC(F)(F)C(F)F)c2)ccc1F. The normalized spacial score (nSPS) is 13.4. The van der Waals surface area contributed by atoms with Gasteiger partial charge in [-0.3, -0.25) is 0 Å². The fourth-order valence-corrected chi connectivity index (χ4v) is 4.01. The predicted molar refractivity (Wildman–Crippen MR) is 129 cm³/mol. The van der Waals surface area contributed by atoms with Gasteiger partial charge in [0.25, 0.3) is 0 Å². The zero-order valence-electron chi connectivity index (χ0n) is 21.2. The molecule has 1 atom stereocenters. The Kier molecular flexibility index (Phi) is 9.66. The minimum Gasteiger partial charge on any atom is -0.494 e. The Balaban J connectivity index is 2.24. The molecule has 1 unspecified atom stereocenters. The number of carbonyl (C=O) groups is 1. The summed E-state index contributed by atoms with van der Waals surface area (Å²) in [4.78, 5) is 13.0. The Morgan fingerprint density at radius 1 is 0.902 bits per heavy atom. The van der Waals surface area contributed by atoms with E-state index in [1.165, 1.54) is 0 Å². The number of nitrogens with one attached hydrogen (secondary N) is 2. The predicted octanol–water partition coefficient (Wildman–Crippen LogP) is 6.95. The molecule has 2 amide bonds. The molecule has 0 spiro atoms. The molecule has 0 fully saturated rings. The molecule has 0 saturated carbocycles. The maximum Gasteiger partial charge on any atom is 0.461 e. The van der Waals surface area contributed by atoms with Crippen molar-refractivity contribution in [3.63, 3.8) is 0 Å². The number of alkyl halides is 7. The van der Waals surface area contributed by atoms with Gasteiger partial charge >= 0.3 is 24.7 Å². The molecule has 0 aliphatic heterocycles. The third-order valence-electron chi connectivity index (χ3n) is 5.85. The van der Waals surface area contributed by atoms with E-state index in [0.717, 1.165) is 37.4 Å². The van der Waals surface area contributed by atoms with E-state index in [0.29, 0.717) is 11.6 Å². The molecule has 0 aliphatic rings. The average molecular weight is 594 g/mol. The second kappa shape index (κ2) is 12.6. The first-order valence-corrected chi connectivity index (χ1v) is 11.8. The van der Waals surface area contributed by atoms with Gasteiger partial charge in [-0.2, -0.15) is 30.7 Å².